The summed E-state index contributed by atoms with van der Waals surface area (Å²) in [5.41, 5.74) is 1.17. The third-order valence-electron chi connectivity index (χ3n) is 4.66. The molecule has 0 unspecified atom stereocenters. The largest absolute Gasteiger partial charge is 0.481 e. The van der Waals surface area contributed by atoms with Crippen LogP contribution in [-0.4, -0.2) is 28.6 Å². The lowest BCUT2D eigenvalue weighted by molar-refractivity contribution is -0.144. The Morgan fingerprint density at radius 2 is 1.81 bits per heavy atom. The van der Waals surface area contributed by atoms with Gasteiger partial charge in [-0.1, -0.05) is 48.5 Å². The Bertz CT molecular complexity index is 780. The summed E-state index contributed by atoms with van der Waals surface area (Å²) in [5, 5.41) is 9.32. The van der Waals surface area contributed by atoms with Gasteiger partial charge in [-0.2, -0.15) is 0 Å². The molecule has 1 saturated heterocycles. The molecule has 3 rings (SSSR count). The number of piperidine rings is 1. The van der Waals surface area contributed by atoms with Crippen LogP contribution in [0, 0.1) is 11.7 Å². The van der Waals surface area contributed by atoms with Crippen LogP contribution >= 0.6 is 0 Å². The molecule has 1 N–H and O–H groups in total. The second-order valence-corrected chi connectivity index (χ2v) is 6.33. The van der Waals surface area contributed by atoms with Gasteiger partial charge in [0.15, 0.2) is 0 Å². The van der Waals surface area contributed by atoms with Crippen molar-refractivity contribution in [1.82, 2.24) is 4.90 Å². The molecule has 26 heavy (non-hydrogen) atoms. The lowest BCUT2D eigenvalue weighted by atomic mass is 9.87. The van der Waals surface area contributed by atoms with Gasteiger partial charge >= 0.3 is 12.1 Å². The second-order valence-electron chi connectivity index (χ2n) is 6.33. The third kappa shape index (κ3) is 4.02. The van der Waals surface area contributed by atoms with Gasteiger partial charge in [-0.05, 0) is 24.5 Å². The van der Waals surface area contributed by atoms with Crippen LogP contribution in [0.5, 0.6) is 0 Å². The van der Waals surface area contributed by atoms with E-state index in [1.54, 1.807) is 18.2 Å². The van der Waals surface area contributed by atoms with Gasteiger partial charge < -0.3 is 14.7 Å². The van der Waals surface area contributed by atoms with Crippen LogP contribution in [0.2, 0.25) is 0 Å². The first kappa shape index (κ1) is 17.9. The number of halogens is 1. The SMILES string of the molecule is O=C(O)[C@@H]1CCN(C(=O)OCc2ccccc2)[C@H](c2ccccc2F)C1. The molecule has 1 aliphatic rings. The van der Waals surface area contributed by atoms with Crippen LogP contribution in [-0.2, 0) is 16.1 Å². The van der Waals surface area contributed by atoms with Gasteiger partial charge in [-0.3, -0.25) is 4.79 Å². The first-order valence-electron chi connectivity index (χ1n) is 8.51. The summed E-state index contributed by atoms with van der Waals surface area (Å²) in [7, 11) is 0. The summed E-state index contributed by atoms with van der Waals surface area (Å²) in [5.74, 6) is -1.99. The van der Waals surface area contributed by atoms with Gasteiger partial charge in [-0.15, -0.1) is 0 Å². The normalized spacial score (nSPS) is 19.8. The minimum atomic E-state index is -0.927. The summed E-state index contributed by atoms with van der Waals surface area (Å²) < 4.78 is 19.6. The van der Waals surface area contributed by atoms with Gasteiger partial charge in [0, 0.05) is 12.1 Å². The van der Waals surface area contributed by atoms with E-state index in [4.69, 9.17) is 4.74 Å². The lowest BCUT2D eigenvalue weighted by Crippen LogP contribution is -2.43. The third-order valence-corrected chi connectivity index (χ3v) is 4.66. The maximum atomic E-state index is 14.3. The van der Waals surface area contributed by atoms with E-state index in [0.717, 1.165) is 5.56 Å². The average Bonchev–Trinajstić information content (AvgIpc) is 2.67. The molecular weight excluding hydrogens is 337 g/mol. The molecule has 0 spiro atoms. The molecule has 1 fully saturated rings. The van der Waals surface area contributed by atoms with Crippen molar-refractivity contribution in [3.63, 3.8) is 0 Å². The van der Waals surface area contributed by atoms with Crippen molar-refractivity contribution in [2.45, 2.75) is 25.5 Å². The smallest absolute Gasteiger partial charge is 0.410 e. The number of hydrogen-bond acceptors (Lipinski definition) is 3. The van der Waals surface area contributed by atoms with E-state index in [1.807, 2.05) is 30.3 Å². The summed E-state index contributed by atoms with van der Waals surface area (Å²) in [6.07, 6.45) is -0.0804. The molecule has 0 aliphatic carbocycles. The van der Waals surface area contributed by atoms with Crippen LogP contribution in [0.3, 0.4) is 0 Å². The molecular formula is C20H20FNO4. The molecule has 0 saturated carbocycles. The van der Waals surface area contributed by atoms with Crippen molar-refractivity contribution in [1.29, 1.82) is 0 Å². The molecule has 2 aromatic rings. The fourth-order valence-electron chi connectivity index (χ4n) is 3.25. The Morgan fingerprint density at radius 1 is 1.12 bits per heavy atom. The van der Waals surface area contributed by atoms with Crippen molar-refractivity contribution in [3.05, 3.63) is 71.5 Å². The summed E-state index contributed by atoms with van der Waals surface area (Å²) in [6, 6.07) is 14.7. The number of carboxylic acids is 1. The zero-order valence-corrected chi connectivity index (χ0v) is 14.2. The minimum absolute atomic E-state index is 0.114. The first-order valence-corrected chi connectivity index (χ1v) is 8.51. The molecule has 2 aromatic carbocycles. The van der Waals surface area contributed by atoms with E-state index in [2.05, 4.69) is 0 Å². The number of carbonyl (C=O) groups excluding carboxylic acids is 1. The zero-order valence-electron chi connectivity index (χ0n) is 14.2. The van der Waals surface area contributed by atoms with Crippen LogP contribution in [0.4, 0.5) is 9.18 Å². The topological polar surface area (TPSA) is 66.8 Å². The van der Waals surface area contributed by atoms with Crippen LogP contribution in [0.15, 0.2) is 54.6 Å². The Kier molecular flexibility index (Phi) is 5.51. The van der Waals surface area contributed by atoms with E-state index in [1.165, 1.54) is 11.0 Å². The van der Waals surface area contributed by atoms with Crippen molar-refractivity contribution >= 4 is 12.1 Å². The number of amides is 1. The number of ether oxygens (including phenoxy) is 1. The number of benzene rings is 2. The number of nitrogens with zero attached hydrogens (tertiary/aromatic N) is 1. The van der Waals surface area contributed by atoms with E-state index >= 15 is 0 Å². The van der Waals surface area contributed by atoms with Gasteiger partial charge in [0.05, 0.1) is 12.0 Å². The Labute approximate surface area is 151 Å². The highest BCUT2D eigenvalue weighted by molar-refractivity contribution is 5.72. The highest BCUT2D eigenvalue weighted by Crippen LogP contribution is 2.36. The highest BCUT2D eigenvalue weighted by atomic mass is 19.1. The molecule has 0 aromatic heterocycles. The summed E-state index contributed by atoms with van der Waals surface area (Å²) in [4.78, 5) is 25.4. The van der Waals surface area contributed by atoms with Crippen LogP contribution in [0.1, 0.15) is 30.0 Å². The average molecular weight is 357 g/mol. The van der Waals surface area contributed by atoms with Crippen molar-refractivity contribution in [2.24, 2.45) is 5.92 Å². The van der Waals surface area contributed by atoms with Crippen molar-refractivity contribution in [2.75, 3.05) is 6.54 Å². The fourth-order valence-corrected chi connectivity index (χ4v) is 3.25. The maximum absolute atomic E-state index is 14.3. The number of carbonyl (C=O) groups is 2. The van der Waals surface area contributed by atoms with E-state index < -0.39 is 29.8 Å². The molecule has 1 aliphatic heterocycles. The van der Waals surface area contributed by atoms with Gasteiger partial charge in [0.25, 0.3) is 0 Å². The Morgan fingerprint density at radius 3 is 2.50 bits per heavy atom. The molecule has 136 valence electrons. The van der Waals surface area contributed by atoms with Crippen molar-refractivity contribution < 1.29 is 23.8 Å². The molecule has 6 heteroatoms. The molecule has 1 amide bonds. The Hall–Kier alpha value is -2.89. The van der Waals surface area contributed by atoms with Crippen LogP contribution in [0.25, 0.3) is 0 Å². The highest BCUT2D eigenvalue weighted by Gasteiger charge is 2.37. The number of aliphatic carboxylic acids is 1. The number of likely N-dealkylation sites (tertiary alicyclic amines) is 1. The molecule has 5 nitrogen and oxygen atoms in total. The maximum Gasteiger partial charge on any atom is 0.410 e. The van der Waals surface area contributed by atoms with Gasteiger partial charge in [0.1, 0.15) is 12.4 Å². The summed E-state index contributed by atoms with van der Waals surface area (Å²) in [6.45, 7) is 0.326. The predicted octanol–water partition coefficient (Wildman–Crippen LogP) is 4.00. The van der Waals surface area contributed by atoms with Crippen LogP contribution < -0.4 is 0 Å². The number of hydrogen-bond donors (Lipinski definition) is 1. The van der Waals surface area contributed by atoms with Gasteiger partial charge in [-0.25, -0.2) is 9.18 Å². The van der Waals surface area contributed by atoms with E-state index in [9.17, 15) is 19.1 Å². The van der Waals surface area contributed by atoms with Gasteiger partial charge in [0.2, 0.25) is 0 Å². The standard InChI is InChI=1S/C20H20FNO4/c21-17-9-5-4-8-16(17)18-12-15(19(23)24)10-11-22(18)20(25)26-13-14-6-2-1-3-7-14/h1-9,15,18H,10-13H2,(H,23,24)/t15-,18+/m1/s1. The molecule has 0 bridgehead atoms. The second kappa shape index (κ2) is 7.99. The molecule has 2 atom stereocenters. The number of carboxylic acid groups (broad SMARTS) is 1. The first-order chi connectivity index (χ1) is 12.6. The monoisotopic (exact) mass is 357 g/mol. The minimum Gasteiger partial charge on any atom is -0.481 e. The Balaban J connectivity index is 1.78. The lowest BCUT2D eigenvalue weighted by Gasteiger charge is -2.37. The molecule has 1 heterocycles. The quantitative estimate of drug-likeness (QED) is 0.898. The zero-order chi connectivity index (χ0) is 18.5. The van der Waals surface area contributed by atoms with E-state index in [0.29, 0.717) is 12.0 Å². The predicted molar refractivity (Wildman–Crippen MR) is 92.8 cm³/mol. The number of rotatable bonds is 4. The van der Waals surface area contributed by atoms with Crippen molar-refractivity contribution in [3.8, 4) is 0 Å². The molecule has 0 radical (unpaired) electrons. The summed E-state index contributed by atoms with van der Waals surface area (Å²) >= 11 is 0. The van der Waals surface area contributed by atoms with E-state index in [-0.39, 0.29) is 19.6 Å². The fraction of sp³-hybridized carbons (Fsp3) is 0.300.